The largest absolute Gasteiger partial charge is 0.462 e. The standard InChI is InChI=1S/C23H25NO3/c1-6-27-22(26)21-18-9-7-8-12-24(18)19(14-25)20(21)17-13-16(23(3,4)5)11-10-15(17)2/h7-14H,6H2,1-5H3. The van der Waals surface area contributed by atoms with Gasteiger partial charge in [-0.05, 0) is 48.1 Å². The monoisotopic (exact) mass is 363 g/mol. The first kappa shape index (κ1) is 18.9. The van der Waals surface area contributed by atoms with Gasteiger partial charge in [-0.25, -0.2) is 4.79 Å². The number of fused-ring (bicyclic) bond motifs is 1. The molecular weight excluding hydrogens is 338 g/mol. The Morgan fingerprint density at radius 3 is 2.56 bits per heavy atom. The van der Waals surface area contributed by atoms with Crippen LogP contribution in [0.2, 0.25) is 0 Å². The SMILES string of the molecule is CCOC(=O)c1c(-c2cc(C(C)(C)C)ccc2C)c(C=O)n2ccccc12. The normalized spacial score (nSPS) is 11.6. The Labute approximate surface area is 159 Å². The van der Waals surface area contributed by atoms with Gasteiger partial charge < -0.3 is 9.14 Å². The molecule has 0 fully saturated rings. The molecule has 0 atom stereocenters. The maximum Gasteiger partial charge on any atom is 0.340 e. The average molecular weight is 363 g/mol. The molecule has 4 heteroatoms. The predicted molar refractivity (Wildman–Crippen MR) is 108 cm³/mol. The quantitative estimate of drug-likeness (QED) is 0.473. The van der Waals surface area contributed by atoms with Gasteiger partial charge in [0.1, 0.15) is 0 Å². The van der Waals surface area contributed by atoms with E-state index in [1.54, 1.807) is 17.5 Å². The number of carbonyl (C=O) groups excluding carboxylic acids is 2. The molecule has 1 aromatic carbocycles. The minimum absolute atomic E-state index is 0.0486. The molecule has 0 aliphatic carbocycles. The lowest BCUT2D eigenvalue weighted by Crippen LogP contribution is -2.12. The van der Waals surface area contributed by atoms with Crippen LogP contribution >= 0.6 is 0 Å². The summed E-state index contributed by atoms with van der Waals surface area (Å²) in [7, 11) is 0. The number of aromatic nitrogens is 1. The van der Waals surface area contributed by atoms with Crippen LogP contribution in [0.15, 0.2) is 42.6 Å². The lowest BCUT2D eigenvalue weighted by molar-refractivity contribution is 0.0529. The van der Waals surface area contributed by atoms with Crippen LogP contribution in [0.4, 0.5) is 0 Å². The number of ether oxygens (including phenoxy) is 1. The summed E-state index contributed by atoms with van der Waals surface area (Å²) in [6.07, 6.45) is 2.61. The maximum absolute atomic E-state index is 12.8. The van der Waals surface area contributed by atoms with Gasteiger partial charge in [0.2, 0.25) is 0 Å². The zero-order valence-electron chi connectivity index (χ0n) is 16.5. The number of nitrogens with zero attached hydrogens (tertiary/aromatic N) is 1. The fraction of sp³-hybridized carbons (Fsp3) is 0.304. The highest BCUT2D eigenvalue weighted by atomic mass is 16.5. The Bertz CT molecular complexity index is 1020. The van der Waals surface area contributed by atoms with E-state index in [1.807, 2.05) is 31.2 Å². The molecule has 2 heterocycles. The second-order valence-electron chi connectivity index (χ2n) is 7.71. The van der Waals surface area contributed by atoms with Crippen molar-refractivity contribution in [3.8, 4) is 11.1 Å². The van der Waals surface area contributed by atoms with Crippen LogP contribution in [0.1, 0.15) is 59.7 Å². The van der Waals surface area contributed by atoms with Crippen LogP contribution in [0.3, 0.4) is 0 Å². The minimum Gasteiger partial charge on any atom is -0.462 e. The van der Waals surface area contributed by atoms with E-state index in [-0.39, 0.29) is 12.0 Å². The molecule has 0 spiro atoms. The number of hydrogen-bond donors (Lipinski definition) is 0. The van der Waals surface area contributed by atoms with Crippen LogP contribution in [-0.4, -0.2) is 23.3 Å². The Morgan fingerprint density at radius 2 is 1.93 bits per heavy atom. The molecule has 0 N–H and O–H groups in total. The van der Waals surface area contributed by atoms with Crippen LogP contribution < -0.4 is 0 Å². The van der Waals surface area contributed by atoms with E-state index >= 15 is 0 Å². The van der Waals surface area contributed by atoms with Gasteiger partial charge in [-0.1, -0.05) is 45.0 Å². The maximum atomic E-state index is 12.8. The summed E-state index contributed by atoms with van der Waals surface area (Å²) >= 11 is 0. The zero-order valence-corrected chi connectivity index (χ0v) is 16.5. The predicted octanol–water partition coefficient (Wildman–Crippen LogP) is 5.20. The Morgan fingerprint density at radius 1 is 1.19 bits per heavy atom. The van der Waals surface area contributed by atoms with E-state index in [1.165, 1.54) is 0 Å². The second kappa shape index (κ2) is 7.03. The molecule has 0 bridgehead atoms. The lowest BCUT2D eigenvalue weighted by Gasteiger charge is -2.21. The van der Waals surface area contributed by atoms with Crippen molar-refractivity contribution in [2.45, 2.75) is 40.0 Å². The van der Waals surface area contributed by atoms with Gasteiger partial charge in [-0.3, -0.25) is 4.79 Å². The molecule has 3 aromatic rings. The molecule has 4 nitrogen and oxygen atoms in total. The number of aryl methyl sites for hydroxylation is 1. The van der Waals surface area contributed by atoms with E-state index in [0.717, 1.165) is 23.0 Å². The number of aldehydes is 1. The highest BCUT2D eigenvalue weighted by Crippen LogP contribution is 2.37. The fourth-order valence-corrected chi connectivity index (χ4v) is 3.39. The van der Waals surface area contributed by atoms with Gasteiger partial charge in [-0.2, -0.15) is 0 Å². The van der Waals surface area contributed by atoms with E-state index < -0.39 is 5.97 Å². The molecule has 0 aliphatic heterocycles. The van der Waals surface area contributed by atoms with Crippen LogP contribution in [0, 0.1) is 6.92 Å². The van der Waals surface area contributed by atoms with Crippen molar-refractivity contribution in [3.63, 3.8) is 0 Å². The fourth-order valence-electron chi connectivity index (χ4n) is 3.39. The van der Waals surface area contributed by atoms with Gasteiger partial charge in [0.25, 0.3) is 0 Å². The summed E-state index contributed by atoms with van der Waals surface area (Å²) in [6, 6.07) is 11.8. The smallest absolute Gasteiger partial charge is 0.340 e. The zero-order chi connectivity index (χ0) is 19.8. The molecule has 0 unspecified atom stereocenters. The second-order valence-corrected chi connectivity index (χ2v) is 7.71. The number of pyridine rings is 1. The summed E-state index contributed by atoms with van der Waals surface area (Å²) in [5.41, 5.74) is 5.20. The third kappa shape index (κ3) is 3.27. The van der Waals surface area contributed by atoms with E-state index in [4.69, 9.17) is 4.74 Å². The Balaban J connectivity index is 2.42. The highest BCUT2D eigenvalue weighted by molar-refractivity contribution is 6.09. The van der Waals surface area contributed by atoms with Gasteiger partial charge in [0, 0.05) is 11.8 Å². The van der Waals surface area contributed by atoms with Gasteiger partial charge in [0.05, 0.1) is 23.4 Å². The van der Waals surface area contributed by atoms with Gasteiger partial charge in [0.15, 0.2) is 6.29 Å². The molecule has 27 heavy (non-hydrogen) atoms. The molecule has 2 aromatic heterocycles. The van der Waals surface area contributed by atoms with Crippen molar-refractivity contribution >= 4 is 17.8 Å². The van der Waals surface area contributed by atoms with Crippen LogP contribution in [-0.2, 0) is 10.2 Å². The molecule has 0 radical (unpaired) electrons. The molecule has 0 saturated carbocycles. The van der Waals surface area contributed by atoms with Gasteiger partial charge >= 0.3 is 5.97 Å². The topological polar surface area (TPSA) is 47.8 Å². The number of esters is 1. The molecule has 0 aliphatic rings. The average Bonchev–Trinajstić information content (AvgIpc) is 2.95. The van der Waals surface area contributed by atoms with Crippen LogP contribution in [0.25, 0.3) is 16.6 Å². The van der Waals surface area contributed by atoms with Gasteiger partial charge in [-0.15, -0.1) is 0 Å². The summed E-state index contributed by atoms with van der Waals surface area (Å²) in [5, 5.41) is 0. The first-order valence-corrected chi connectivity index (χ1v) is 9.16. The third-order valence-electron chi connectivity index (χ3n) is 4.85. The number of carbonyl (C=O) groups is 2. The molecule has 0 saturated heterocycles. The van der Waals surface area contributed by atoms with E-state index in [0.29, 0.717) is 22.3 Å². The molecule has 3 rings (SSSR count). The number of rotatable bonds is 4. The first-order valence-electron chi connectivity index (χ1n) is 9.16. The third-order valence-corrected chi connectivity index (χ3v) is 4.85. The Kier molecular flexibility index (Phi) is 4.92. The van der Waals surface area contributed by atoms with Crippen molar-refractivity contribution in [1.82, 2.24) is 4.40 Å². The van der Waals surface area contributed by atoms with Crippen molar-refractivity contribution in [2.75, 3.05) is 6.61 Å². The van der Waals surface area contributed by atoms with Crippen molar-refractivity contribution in [3.05, 3.63) is 65.0 Å². The van der Waals surface area contributed by atoms with Crippen molar-refractivity contribution in [2.24, 2.45) is 0 Å². The number of hydrogen-bond acceptors (Lipinski definition) is 3. The Hall–Kier alpha value is -2.88. The summed E-state index contributed by atoms with van der Waals surface area (Å²) in [6.45, 7) is 10.5. The molecular formula is C23H25NO3. The first-order chi connectivity index (χ1) is 12.8. The lowest BCUT2D eigenvalue weighted by atomic mass is 9.83. The summed E-state index contributed by atoms with van der Waals surface area (Å²) in [4.78, 5) is 24.9. The number of benzene rings is 1. The minimum atomic E-state index is -0.412. The summed E-state index contributed by atoms with van der Waals surface area (Å²) < 4.78 is 7.09. The van der Waals surface area contributed by atoms with E-state index in [2.05, 4.69) is 32.9 Å². The van der Waals surface area contributed by atoms with Crippen molar-refractivity contribution < 1.29 is 14.3 Å². The van der Waals surface area contributed by atoms with Crippen molar-refractivity contribution in [1.29, 1.82) is 0 Å². The molecule has 0 amide bonds. The molecule has 140 valence electrons. The van der Waals surface area contributed by atoms with E-state index in [9.17, 15) is 9.59 Å². The highest BCUT2D eigenvalue weighted by Gasteiger charge is 2.27. The summed E-state index contributed by atoms with van der Waals surface area (Å²) in [5.74, 6) is -0.412. The van der Waals surface area contributed by atoms with Crippen LogP contribution in [0.5, 0.6) is 0 Å².